The standard InChI is InChI=1S/C19H15Cl3N2O2/c20-15-3-1-2-13(10-15)4-5-19(26)6-8-24(9-7-19)18(25)14-11-16(21)17(22)23-12-14/h1-3,10-12,26H,6-9H2. The molecule has 0 spiro atoms. The van der Waals surface area contributed by atoms with Gasteiger partial charge in [-0.1, -0.05) is 52.7 Å². The van der Waals surface area contributed by atoms with Crippen LogP contribution < -0.4 is 0 Å². The van der Waals surface area contributed by atoms with Crippen LogP contribution in [0.3, 0.4) is 0 Å². The van der Waals surface area contributed by atoms with Crippen LogP contribution in [0.4, 0.5) is 0 Å². The fraction of sp³-hybridized carbons (Fsp3) is 0.263. The van der Waals surface area contributed by atoms with E-state index in [1.165, 1.54) is 12.3 Å². The molecule has 1 fully saturated rings. The molecule has 3 rings (SSSR count). The third kappa shape index (κ3) is 4.49. The molecule has 0 radical (unpaired) electrons. The highest BCUT2D eigenvalue weighted by molar-refractivity contribution is 6.41. The number of aliphatic hydroxyl groups is 1. The summed E-state index contributed by atoms with van der Waals surface area (Å²) in [4.78, 5) is 18.1. The number of aromatic nitrogens is 1. The molecule has 2 heterocycles. The summed E-state index contributed by atoms with van der Waals surface area (Å²) in [6, 6.07) is 8.65. The van der Waals surface area contributed by atoms with Crippen molar-refractivity contribution in [3.63, 3.8) is 0 Å². The predicted molar refractivity (Wildman–Crippen MR) is 103 cm³/mol. The molecule has 1 aliphatic heterocycles. The van der Waals surface area contributed by atoms with E-state index in [1.54, 1.807) is 17.0 Å². The van der Waals surface area contributed by atoms with Crippen molar-refractivity contribution in [1.82, 2.24) is 9.88 Å². The van der Waals surface area contributed by atoms with E-state index in [0.29, 0.717) is 36.5 Å². The molecule has 1 aromatic carbocycles. The molecule has 1 amide bonds. The number of likely N-dealkylation sites (tertiary alicyclic amines) is 1. The van der Waals surface area contributed by atoms with E-state index < -0.39 is 5.60 Å². The Balaban J connectivity index is 1.66. The van der Waals surface area contributed by atoms with Crippen LogP contribution in [0.25, 0.3) is 0 Å². The van der Waals surface area contributed by atoms with Gasteiger partial charge in [0.25, 0.3) is 5.91 Å². The minimum absolute atomic E-state index is 0.160. The highest BCUT2D eigenvalue weighted by atomic mass is 35.5. The maximum Gasteiger partial charge on any atom is 0.255 e. The SMILES string of the molecule is O=C(c1cnc(Cl)c(Cl)c1)N1CCC(O)(C#Cc2cccc(Cl)c2)CC1. The van der Waals surface area contributed by atoms with Crippen molar-refractivity contribution in [3.05, 3.63) is 62.9 Å². The van der Waals surface area contributed by atoms with Gasteiger partial charge in [-0.05, 0) is 24.3 Å². The smallest absolute Gasteiger partial charge is 0.255 e. The fourth-order valence-corrected chi connectivity index (χ4v) is 3.14. The summed E-state index contributed by atoms with van der Waals surface area (Å²) in [5, 5.41) is 11.6. The van der Waals surface area contributed by atoms with E-state index in [0.717, 1.165) is 5.56 Å². The lowest BCUT2D eigenvalue weighted by atomic mass is 9.91. The molecule has 1 aromatic heterocycles. The molecule has 7 heteroatoms. The minimum Gasteiger partial charge on any atom is -0.377 e. The van der Waals surface area contributed by atoms with E-state index in [1.807, 2.05) is 12.1 Å². The number of rotatable bonds is 1. The third-order valence-electron chi connectivity index (χ3n) is 4.19. The average molecular weight is 410 g/mol. The summed E-state index contributed by atoms with van der Waals surface area (Å²) in [6.07, 6.45) is 2.12. The highest BCUT2D eigenvalue weighted by Crippen LogP contribution is 2.25. The average Bonchev–Trinajstić information content (AvgIpc) is 2.63. The van der Waals surface area contributed by atoms with E-state index in [2.05, 4.69) is 16.8 Å². The quantitative estimate of drug-likeness (QED) is 0.571. The van der Waals surface area contributed by atoms with Gasteiger partial charge in [0.05, 0.1) is 10.6 Å². The normalized spacial score (nSPS) is 15.9. The summed E-state index contributed by atoms with van der Waals surface area (Å²) >= 11 is 17.6. The number of piperidine rings is 1. The van der Waals surface area contributed by atoms with Gasteiger partial charge in [-0.25, -0.2) is 4.98 Å². The molecule has 4 nitrogen and oxygen atoms in total. The zero-order valence-electron chi connectivity index (χ0n) is 13.7. The summed E-state index contributed by atoms with van der Waals surface area (Å²) in [6.45, 7) is 0.777. The monoisotopic (exact) mass is 408 g/mol. The first-order valence-corrected chi connectivity index (χ1v) is 9.11. The van der Waals surface area contributed by atoms with Gasteiger partial charge in [-0.2, -0.15) is 0 Å². The van der Waals surface area contributed by atoms with Gasteiger partial charge in [0, 0.05) is 42.7 Å². The van der Waals surface area contributed by atoms with Crippen LogP contribution in [-0.2, 0) is 0 Å². The van der Waals surface area contributed by atoms with Crippen molar-refractivity contribution in [3.8, 4) is 11.8 Å². The highest BCUT2D eigenvalue weighted by Gasteiger charge is 2.32. The number of benzene rings is 1. The zero-order chi connectivity index (χ0) is 18.7. The molecule has 134 valence electrons. The number of carbonyl (C=O) groups is 1. The summed E-state index contributed by atoms with van der Waals surface area (Å²) in [7, 11) is 0. The van der Waals surface area contributed by atoms with E-state index in [-0.39, 0.29) is 16.1 Å². The molecule has 26 heavy (non-hydrogen) atoms. The van der Waals surface area contributed by atoms with E-state index in [9.17, 15) is 9.90 Å². The molecular weight excluding hydrogens is 395 g/mol. The Morgan fingerprint density at radius 3 is 2.58 bits per heavy atom. The Kier molecular flexibility index (Phi) is 5.74. The summed E-state index contributed by atoms with van der Waals surface area (Å²) < 4.78 is 0. The van der Waals surface area contributed by atoms with Crippen molar-refractivity contribution >= 4 is 40.7 Å². The first kappa shape index (κ1) is 19.0. The second-order valence-corrected chi connectivity index (χ2v) is 7.28. The maximum absolute atomic E-state index is 12.5. The van der Waals surface area contributed by atoms with Gasteiger partial charge >= 0.3 is 0 Å². The van der Waals surface area contributed by atoms with Crippen LogP contribution in [0.2, 0.25) is 15.2 Å². The topological polar surface area (TPSA) is 53.4 Å². The van der Waals surface area contributed by atoms with E-state index in [4.69, 9.17) is 34.8 Å². The van der Waals surface area contributed by atoms with Crippen molar-refractivity contribution in [2.75, 3.05) is 13.1 Å². The fourth-order valence-electron chi connectivity index (χ4n) is 2.68. The van der Waals surface area contributed by atoms with Gasteiger partial charge < -0.3 is 10.0 Å². The Hall–Kier alpha value is -1.77. The number of amides is 1. The molecule has 0 saturated carbocycles. The van der Waals surface area contributed by atoms with Gasteiger partial charge in [-0.3, -0.25) is 4.79 Å². The van der Waals surface area contributed by atoms with Crippen molar-refractivity contribution in [2.45, 2.75) is 18.4 Å². The number of pyridine rings is 1. The van der Waals surface area contributed by atoms with Crippen LogP contribution in [0.5, 0.6) is 0 Å². The molecule has 1 saturated heterocycles. The maximum atomic E-state index is 12.5. The minimum atomic E-state index is -1.13. The zero-order valence-corrected chi connectivity index (χ0v) is 15.9. The van der Waals surface area contributed by atoms with Crippen LogP contribution in [0.15, 0.2) is 36.5 Å². The van der Waals surface area contributed by atoms with Gasteiger partial charge in [0.15, 0.2) is 0 Å². The first-order valence-electron chi connectivity index (χ1n) is 7.98. The Morgan fingerprint density at radius 1 is 1.19 bits per heavy atom. The number of halogens is 3. The van der Waals surface area contributed by atoms with Gasteiger partial charge in [0.2, 0.25) is 0 Å². The molecule has 1 N–H and O–H groups in total. The lowest BCUT2D eigenvalue weighted by Gasteiger charge is -2.35. The molecule has 0 aliphatic carbocycles. The van der Waals surface area contributed by atoms with Crippen LogP contribution in [0, 0.1) is 11.8 Å². The number of hydrogen-bond donors (Lipinski definition) is 1. The Bertz CT molecular complexity index is 897. The molecule has 0 atom stereocenters. The number of nitrogens with zero attached hydrogens (tertiary/aromatic N) is 2. The first-order chi connectivity index (χ1) is 12.4. The summed E-state index contributed by atoms with van der Waals surface area (Å²) in [5.74, 6) is 5.68. The van der Waals surface area contributed by atoms with Crippen molar-refractivity contribution in [2.24, 2.45) is 0 Å². The second-order valence-electron chi connectivity index (χ2n) is 6.08. The molecule has 0 bridgehead atoms. The van der Waals surface area contributed by atoms with Crippen LogP contribution >= 0.6 is 34.8 Å². The van der Waals surface area contributed by atoms with Crippen LogP contribution in [0.1, 0.15) is 28.8 Å². The van der Waals surface area contributed by atoms with Crippen molar-refractivity contribution < 1.29 is 9.90 Å². The lowest BCUT2D eigenvalue weighted by Crippen LogP contribution is -2.46. The predicted octanol–water partition coefficient (Wildman–Crippen LogP) is 4.06. The number of hydrogen-bond acceptors (Lipinski definition) is 3. The van der Waals surface area contributed by atoms with Crippen LogP contribution in [-0.4, -0.2) is 39.6 Å². The van der Waals surface area contributed by atoms with Gasteiger partial charge in [-0.15, -0.1) is 0 Å². The van der Waals surface area contributed by atoms with Gasteiger partial charge in [0.1, 0.15) is 10.8 Å². The largest absolute Gasteiger partial charge is 0.377 e. The Labute approximate surface area is 166 Å². The number of carbonyl (C=O) groups excluding carboxylic acids is 1. The molecule has 2 aromatic rings. The second kappa shape index (κ2) is 7.85. The summed E-state index contributed by atoms with van der Waals surface area (Å²) in [5.41, 5.74) is -0.0178. The van der Waals surface area contributed by atoms with Crippen molar-refractivity contribution in [1.29, 1.82) is 0 Å². The molecular formula is C19H15Cl3N2O2. The van der Waals surface area contributed by atoms with E-state index >= 15 is 0 Å². The molecule has 1 aliphatic rings. The lowest BCUT2D eigenvalue weighted by molar-refractivity contribution is 0.0249. The third-order valence-corrected chi connectivity index (χ3v) is 5.11. The molecule has 0 unspecified atom stereocenters. The Morgan fingerprint density at radius 2 is 1.92 bits per heavy atom.